The third kappa shape index (κ3) is 1.54. The summed E-state index contributed by atoms with van der Waals surface area (Å²) in [7, 11) is 0. The number of hydrogen-bond donors (Lipinski definition) is 1. The van der Waals surface area contributed by atoms with Gasteiger partial charge in [-0.15, -0.1) is 6.58 Å². The molecular weight excluding hydrogens is 168 g/mol. The van der Waals surface area contributed by atoms with Gasteiger partial charge in [0.05, 0.1) is 12.6 Å². The van der Waals surface area contributed by atoms with E-state index in [1.54, 1.807) is 0 Å². The molecule has 68 valence electrons. The summed E-state index contributed by atoms with van der Waals surface area (Å²) in [6.07, 6.45) is -0.547. The van der Waals surface area contributed by atoms with Crippen LogP contribution in [0.4, 0.5) is 13.6 Å². The maximum absolute atomic E-state index is 12.6. The molecule has 3 nitrogen and oxygen atoms in total. The van der Waals surface area contributed by atoms with Crippen LogP contribution in [0, 0.1) is 0 Å². The average Bonchev–Trinajstić information content (AvgIpc) is 2.25. The molecule has 0 bridgehead atoms. The molecule has 1 aliphatic heterocycles. The number of likely N-dealkylation sites (tertiary alicyclic amines) is 1. The molecule has 0 radical (unpaired) electrons. The van der Waals surface area contributed by atoms with Crippen LogP contribution in [0.3, 0.4) is 0 Å². The standard InChI is InChI=1S/C7H9F2NO2/c1-2-5-3-7(8,9)4-10(5)6(11)12/h2,5H,1,3-4H2,(H,11,12)/t5-/m1/s1. The van der Waals surface area contributed by atoms with E-state index in [4.69, 9.17) is 5.11 Å². The summed E-state index contributed by atoms with van der Waals surface area (Å²) in [6.45, 7) is 2.58. The fraction of sp³-hybridized carbons (Fsp3) is 0.571. The van der Waals surface area contributed by atoms with Crippen LogP contribution in [0.1, 0.15) is 6.42 Å². The van der Waals surface area contributed by atoms with E-state index in [-0.39, 0.29) is 0 Å². The number of rotatable bonds is 1. The highest BCUT2D eigenvalue weighted by Gasteiger charge is 2.45. The Morgan fingerprint density at radius 2 is 2.33 bits per heavy atom. The molecule has 0 unspecified atom stereocenters. The third-order valence-electron chi connectivity index (χ3n) is 1.83. The molecule has 5 heteroatoms. The van der Waals surface area contributed by atoms with E-state index in [0.29, 0.717) is 4.90 Å². The molecule has 1 amide bonds. The minimum absolute atomic E-state index is 0.456. The molecule has 0 aliphatic carbocycles. The van der Waals surface area contributed by atoms with E-state index in [1.165, 1.54) is 6.08 Å². The van der Waals surface area contributed by atoms with Gasteiger partial charge in [0.15, 0.2) is 0 Å². The van der Waals surface area contributed by atoms with E-state index >= 15 is 0 Å². The van der Waals surface area contributed by atoms with Crippen molar-refractivity contribution in [2.24, 2.45) is 0 Å². The van der Waals surface area contributed by atoms with Crippen molar-refractivity contribution in [2.75, 3.05) is 6.54 Å². The topological polar surface area (TPSA) is 40.5 Å². The molecule has 1 atom stereocenters. The third-order valence-corrected chi connectivity index (χ3v) is 1.83. The first kappa shape index (κ1) is 8.96. The quantitative estimate of drug-likeness (QED) is 0.617. The molecule has 1 saturated heterocycles. The summed E-state index contributed by atoms with van der Waals surface area (Å²) in [5, 5.41) is 8.49. The van der Waals surface area contributed by atoms with Crippen LogP contribution in [0.25, 0.3) is 0 Å². The summed E-state index contributed by atoms with van der Waals surface area (Å²) in [5.74, 6) is -2.91. The minimum atomic E-state index is -2.91. The van der Waals surface area contributed by atoms with Crippen molar-refractivity contribution in [3.63, 3.8) is 0 Å². The molecule has 1 fully saturated rings. The van der Waals surface area contributed by atoms with Crippen molar-refractivity contribution in [1.82, 2.24) is 4.90 Å². The van der Waals surface area contributed by atoms with Crippen molar-refractivity contribution in [1.29, 1.82) is 0 Å². The van der Waals surface area contributed by atoms with Gasteiger partial charge in [-0.1, -0.05) is 6.08 Å². The van der Waals surface area contributed by atoms with E-state index < -0.39 is 31.0 Å². The highest BCUT2D eigenvalue weighted by atomic mass is 19.3. The van der Waals surface area contributed by atoms with Crippen LogP contribution >= 0.6 is 0 Å². The van der Waals surface area contributed by atoms with Crippen molar-refractivity contribution in [3.05, 3.63) is 12.7 Å². The van der Waals surface area contributed by atoms with Crippen LogP contribution < -0.4 is 0 Å². The Kier molecular flexibility index (Phi) is 2.04. The zero-order chi connectivity index (χ0) is 9.35. The summed E-state index contributed by atoms with van der Waals surface area (Å²) in [6, 6.07) is -0.752. The van der Waals surface area contributed by atoms with E-state index in [0.717, 1.165) is 0 Å². The predicted octanol–water partition coefficient (Wildman–Crippen LogP) is 1.56. The Balaban J connectivity index is 2.76. The van der Waals surface area contributed by atoms with Gasteiger partial charge in [0, 0.05) is 6.42 Å². The fourth-order valence-corrected chi connectivity index (χ4v) is 1.27. The van der Waals surface area contributed by atoms with Crippen molar-refractivity contribution >= 4 is 6.09 Å². The summed E-state index contributed by atoms with van der Waals surface area (Å²) in [4.78, 5) is 11.1. The zero-order valence-electron chi connectivity index (χ0n) is 6.33. The average molecular weight is 177 g/mol. The monoisotopic (exact) mass is 177 g/mol. The Labute approximate surface area is 68.3 Å². The number of carbonyl (C=O) groups is 1. The lowest BCUT2D eigenvalue weighted by Gasteiger charge is -2.16. The maximum Gasteiger partial charge on any atom is 0.408 e. The predicted molar refractivity (Wildman–Crippen MR) is 38.3 cm³/mol. The van der Waals surface area contributed by atoms with Crippen LogP contribution in [0.2, 0.25) is 0 Å². The Hall–Kier alpha value is -1.13. The number of halogens is 2. The van der Waals surface area contributed by atoms with E-state index in [1.807, 2.05) is 0 Å². The molecule has 0 aromatic heterocycles. The lowest BCUT2D eigenvalue weighted by Crippen LogP contribution is -2.34. The van der Waals surface area contributed by atoms with Crippen LogP contribution in [-0.4, -0.2) is 34.6 Å². The summed E-state index contributed by atoms with van der Waals surface area (Å²) >= 11 is 0. The van der Waals surface area contributed by atoms with Crippen molar-refractivity contribution < 1.29 is 18.7 Å². The van der Waals surface area contributed by atoms with Gasteiger partial charge in [-0.05, 0) is 0 Å². The van der Waals surface area contributed by atoms with Gasteiger partial charge in [0.1, 0.15) is 0 Å². The molecule has 0 aromatic rings. The Morgan fingerprint density at radius 1 is 1.75 bits per heavy atom. The van der Waals surface area contributed by atoms with Gasteiger partial charge >= 0.3 is 6.09 Å². The normalized spacial score (nSPS) is 27.2. The lowest BCUT2D eigenvalue weighted by molar-refractivity contribution is 0.0128. The molecule has 1 aliphatic rings. The lowest BCUT2D eigenvalue weighted by atomic mass is 10.2. The number of nitrogens with zero attached hydrogens (tertiary/aromatic N) is 1. The van der Waals surface area contributed by atoms with Crippen molar-refractivity contribution in [2.45, 2.75) is 18.4 Å². The number of hydrogen-bond acceptors (Lipinski definition) is 1. The van der Waals surface area contributed by atoms with Crippen LogP contribution in [0.15, 0.2) is 12.7 Å². The highest BCUT2D eigenvalue weighted by molar-refractivity contribution is 5.66. The van der Waals surface area contributed by atoms with E-state index in [9.17, 15) is 13.6 Å². The summed E-state index contributed by atoms with van der Waals surface area (Å²) in [5.41, 5.74) is 0. The highest BCUT2D eigenvalue weighted by Crippen LogP contribution is 2.32. The van der Waals surface area contributed by atoms with Gasteiger partial charge < -0.3 is 5.11 Å². The molecular formula is C7H9F2NO2. The van der Waals surface area contributed by atoms with Gasteiger partial charge in [-0.3, -0.25) is 4.90 Å². The molecule has 0 spiro atoms. The second-order valence-corrected chi connectivity index (χ2v) is 2.77. The van der Waals surface area contributed by atoms with Gasteiger partial charge in [0.2, 0.25) is 0 Å². The maximum atomic E-state index is 12.6. The first-order valence-electron chi connectivity index (χ1n) is 3.46. The molecule has 0 aromatic carbocycles. The first-order valence-corrected chi connectivity index (χ1v) is 3.46. The Morgan fingerprint density at radius 3 is 2.67 bits per heavy atom. The molecule has 1 N–H and O–H groups in total. The summed E-state index contributed by atoms with van der Waals surface area (Å²) < 4.78 is 25.3. The van der Waals surface area contributed by atoms with Crippen molar-refractivity contribution in [3.8, 4) is 0 Å². The van der Waals surface area contributed by atoms with Gasteiger partial charge in [0.25, 0.3) is 5.92 Å². The first-order chi connectivity index (χ1) is 5.46. The minimum Gasteiger partial charge on any atom is -0.465 e. The second-order valence-electron chi connectivity index (χ2n) is 2.77. The SMILES string of the molecule is C=C[C@@H]1CC(F)(F)CN1C(=O)O. The van der Waals surface area contributed by atoms with Crippen LogP contribution in [0.5, 0.6) is 0 Å². The molecule has 1 heterocycles. The van der Waals surface area contributed by atoms with Gasteiger partial charge in [-0.25, -0.2) is 13.6 Å². The van der Waals surface area contributed by atoms with Crippen LogP contribution in [-0.2, 0) is 0 Å². The number of alkyl halides is 2. The van der Waals surface area contributed by atoms with E-state index in [2.05, 4.69) is 6.58 Å². The molecule has 12 heavy (non-hydrogen) atoms. The molecule has 0 saturated carbocycles. The number of amides is 1. The Bertz CT molecular complexity index is 217. The molecule has 1 rings (SSSR count). The zero-order valence-corrected chi connectivity index (χ0v) is 6.33. The smallest absolute Gasteiger partial charge is 0.408 e. The number of carboxylic acid groups (broad SMARTS) is 1. The van der Waals surface area contributed by atoms with Gasteiger partial charge in [-0.2, -0.15) is 0 Å². The second kappa shape index (κ2) is 2.73. The fourth-order valence-electron chi connectivity index (χ4n) is 1.27. The largest absolute Gasteiger partial charge is 0.465 e.